The molecule has 0 bridgehead atoms. The summed E-state index contributed by atoms with van der Waals surface area (Å²) in [4.78, 5) is 17.3. The molecule has 0 aliphatic heterocycles. The van der Waals surface area contributed by atoms with Gasteiger partial charge in [0.15, 0.2) is 5.65 Å². The maximum Gasteiger partial charge on any atom is 0.330 e. The van der Waals surface area contributed by atoms with Gasteiger partial charge in [-0.1, -0.05) is 20.8 Å². The number of aryl methyl sites for hydroxylation is 1. The molecule has 0 N–H and O–H groups in total. The first-order valence-electron chi connectivity index (χ1n) is 8.70. The van der Waals surface area contributed by atoms with Gasteiger partial charge >= 0.3 is 5.69 Å². The lowest BCUT2D eigenvalue weighted by atomic mass is 9.97. The van der Waals surface area contributed by atoms with E-state index >= 15 is 0 Å². The second-order valence-corrected chi connectivity index (χ2v) is 10.8. The fourth-order valence-electron chi connectivity index (χ4n) is 3.42. The third-order valence-electron chi connectivity index (χ3n) is 4.80. The fourth-order valence-corrected chi connectivity index (χ4v) is 4.15. The molecule has 25 heavy (non-hydrogen) atoms. The summed E-state index contributed by atoms with van der Waals surface area (Å²) in [7, 11) is -1.16. The van der Waals surface area contributed by atoms with Crippen LogP contribution in [0.15, 0.2) is 16.9 Å². The lowest BCUT2D eigenvalue weighted by molar-refractivity contribution is 0.342. The van der Waals surface area contributed by atoms with E-state index in [0.29, 0.717) is 30.4 Å². The molecule has 0 amide bonds. The number of fused-ring (bicyclic) bond motifs is 1. The van der Waals surface area contributed by atoms with Gasteiger partial charge < -0.3 is 0 Å². The van der Waals surface area contributed by atoms with Crippen LogP contribution >= 0.6 is 0 Å². The van der Waals surface area contributed by atoms with Crippen molar-refractivity contribution in [2.75, 3.05) is 12.0 Å². The minimum Gasteiger partial charge on any atom is -0.290 e. The number of rotatable bonds is 5. The van der Waals surface area contributed by atoms with Gasteiger partial charge in [-0.05, 0) is 36.3 Å². The van der Waals surface area contributed by atoms with Crippen molar-refractivity contribution in [3.8, 4) is 0 Å². The molecule has 1 aliphatic rings. The van der Waals surface area contributed by atoms with Crippen LogP contribution < -0.4 is 5.69 Å². The van der Waals surface area contributed by atoms with Gasteiger partial charge in [-0.3, -0.25) is 9.13 Å². The molecule has 6 nitrogen and oxygen atoms in total. The number of nitrogens with zero attached hydrogens (tertiary/aromatic N) is 3. The highest BCUT2D eigenvalue weighted by atomic mass is 32.2. The van der Waals surface area contributed by atoms with Crippen molar-refractivity contribution in [1.29, 1.82) is 0 Å². The smallest absolute Gasteiger partial charge is 0.290 e. The van der Waals surface area contributed by atoms with E-state index in [1.165, 1.54) is 6.26 Å². The van der Waals surface area contributed by atoms with Crippen molar-refractivity contribution in [2.45, 2.75) is 46.1 Å². The minimum atomic E-state index is -2.92. The summed E-state index contributed by atoms with van der Waals surface area (Å²) in [6.45, 7) is 6.97. The van der Waals surface area contributed by atoms with E-state index in [9.17, 15) is 13.2 Å². The topological polar surface area (TPSA) is 74.0 Å². The normalized spacial score (nSPS) is 21.0. The maximum atomic E-state index is 12.6. The standard InChI is InChI=1S/C18H27N3O3S/c1-18(2,3)11-21-15-7-6-14(19-16(15)20(4)17(21)22)13-10-12(13)8-9-25(5,23)24/h6-7,12-13H,8-11H2,1-5H3/t12-,13-/m1/s1. The summed E-state index contributed by atoms with van der Waals surface area (Å²) in [5.41, 5.74) is 2.50. The summed E-state index contributed by atoms with van der Waals surface area (Å²) in [5, 5.41) is 0. The van der Waals surface area contributed by atoms with Gasteiger partial charge in [-0.2, -0.15) is 0 Å². The molecule has 1 aliphatic carbocycles. The van der Waals surface area contributed by atoms with Crippen molar-refractivity contribution in [2.24, 2.45) is 18.4 Å². The second kappa shape index (κ2) is 5.97. The Bertz CT molecular complexity index is 964. The van der Waals surface area contributed by atoms with E-state index in [1.807, 2.05) is 12.1 Å². The Morgan fingerprint density at radius 3 is 2.56 bits per heavy atom. The van der Waals surface area contributed by atoms with Crippen molar-refractivity contribution in [3.05, 3.63) is 28.3 Å². The number of hydrogen-bond donors (Lipinski definition) is 0. The molecular formula is C18H27N3O3S. The quantitative estimate of drug-likeness (QED) is 0.815. The van der Waals surface area contributed by atoms with Gasteiger partial charge in [-0.25, -0.2) is 18.2 Å². The lowest BCUT2D eigenvalue weighted by Gasteiger charge is -2.18. The molecule has 0 spiro atoms. The Labute approximate surface area is 148 Å². The average molecular weight is 365 g/mol. The van der Waals surface area contributed by atoms with Gasteiger partial charge in [0.25, 0.3) is 0 Å². The number of pyridine rings is 1. The first-order chi connectivity index (χ1) is 11.5. The summed E-state index contributed by atoms with van der Waals surface area (Å²) in [5.74, 6) is 0.928. The molecule has 0 aromatic carbocycles. The Morgan fingerprint density at radius 1 is 1.28 bits per heavy atom. The molecule has 0 unspecified atom stereocenters. The Morgan fingerprint density at radius 2 is 1.96 bits per heavy atom. The van der Waals surface area contributed by atoms with E-state index in [-0.39, 0.29) is 16.9 Å². The molecule has 138 valence electrons. The Hall–Kier alpha value is -1.63. The summed E-state index contributed by atoms with van der Waals surface area (Å²) in [6.07, 6.45) is 2.94. The molecule has 7 heteroatoms. The molecule has 3 rings (SSSR count). The van der Waals surface area contributed by atoms with Gasteiger partial charge in [0, 0.05) is 31.5 Å². The van der Waals surface area contributed by atoms with Gasteiger partial charge in [0.05, 0.1) is 11.3 Å². The van der Waals surface area contributed by atoms with Crippen LogP contribution in [0.25, 0.3) is 11.2 Å². The van der Waals surface area contributed by atoms with Crippen LogP contribution in [0.5, 0.6) is 0 Å². The average Bonchev–Trinajstić information content (AvgIpc) is 3.23. The largest absolute Gasteiger partial charge is 0.330 e. The molecule has 1 saturated carbocycles. The Balaban J connectivity index is 1.87. The van der Waals surface area contributed by atoms with E-state index in [4.69, 9.17) is 4.98 Å². The van der Waals surface area contributed by atoms with Crippen LogP contribution in [0.4, 0.5) is 0 Å². The number of sulfone groups is 1. The Kier molecular flexibility index (Phi) is 4.34. The van der Waals surface area contributed by atoms with Crippen molar-refractivity contribution in [1.82, 2.24) is 14.1 Å². The second-order valence-electron chi connectivity index (χ2n) is 8.59. The first-order valence-corrected chi connectivity index (χ1v) is 10.8. The zero-order chi connectivity index (χ0) is 18.6. The van der Waals surface area contributed by atoms with Gasteiger partial charge in [-0.15, -0.1) is 0 Å². The minimum absolute atomic E-state index is 0.00398. The van der Waals surface area contributed by atoms with Crippen LogP contribution in [0.3, 0.4) is 0 Å². The van der Waals surface area contributed by atoms with Crippen LogP contribution in [-0.4, -0.2) is 34.5 Å². The van der Waals surface area contributed by atoms with Crippen LogP contribution in [0.2, 0.25) is 0 Å². The number of aromatic nitrogens is 3. The zero-order valence-electron chi connectivity index (χ0n) is 15.6. The molecule has 2 aromatic rings. The van der Waals surface area contributed by atoms with E-state index in [1.54, 1.807) is 16.2 Å². The summed E-state index contributed by atoms with van der Waals surface area (Å²) >= 11 is 0. The van der Waals surface area contributed by atoms with Crippen molar-refractivity contribution in [3.63, 3.8) is 0 Å². The maximum absolute atomic E-state index is 12.6. The molecule has 0 saturated heterocycles. The van der Waals surface area contributed by atoms with E-state index in [2.05, 4.69) is 20.8 Å². The summed E-state index contributed by atoms with van der Waals surface area (Å²) in [6, 6.07) is 3.97. The van der Waals surface area contributed by atoms with Gasteiger partial charge in [0.2, 0.25) is 0 Å². The van der Waals surface area contributed by atoms with Crippen LogP contribution in [0, 0.1) is 11.3 Å². The third-order valence-corrected chi connectivity index (χ3v) is 5.77. The van der Waals surface area contributed by atoms with E-state index < -0.39 is 9.84 Å². The predicted molar refractivity (Wildman–Crippen MR) is 99.6 cm³/mol. The van der Waals surface area contributed by atoms with Crippen molar-refractivity contribution >= 4 is 21.0 Å². The van der Waals surface area contributed by atoms with Crippen LogP contribution in [-0.2, 0) is 23.4 Å². The predicted octanol–water partition coefficient (Wildman–Crippen LogP) is 2.32. The highest BCUT2D eigenvalue weighted by Crippen LogP contribution is 2.49. The first kappa shape index (κ1) is 18.2. The third kappa shape index (κ3) is 3.97. The molecule has 0 radical (unpaired) electrons. The van der Waals surface area contributed by atoms with Gasteiger partial charge in [0.1, 0.15) is 9.84 Å². The zero-order valence-corrected chi connectivity index (χ0v) is 16.4. The summed E-state index contributed by atoms with van der Waals surface area (Å²) < 4.78 is 26.0. The van der Waals surface area contributed by atoms with Crippen molar-refractivity contribution < 1.29 is 8.42 Å². The number of imidazole rings is 1. The SMILES string of the molecule is Cn1c(=O)n(CC(C)(C)C)c2ccc([C@@H]3C[C@H]3CCS(C)(=O)=O)nc21. The fraction of sp³-hybridized carbons (Fsp3) is 0.667. The lowest BCUT2D eigenvalue weighted by Crippen LogP contribution is -2.27. The number of hydrogen-bond acceptors (Lipinski definition) is 4. The van der Waals surface area contributed by atoms with Crippen LogP contribution in [0.1, 0.15) is 45.2 Å². The molecular weight excluding hydrogens is 338 g/mol. The highest BCUT2D eigenvalue weighted by molar-refractivity contribution is 7.90. The molecule has 2 heterocycles. The monoisotopic (exact) mass is 365 g/mol. The highest BCUT2D eigenvalue weighted by Gasteiger charge is 2.39. The molecule has 2 atom stereocenters. The molecule has 1 fully saturated rings. The van der Waals surface area contributed by atoms with E-state index in [0.717, 1.165) is 17.6 Å². The molecule has 2 aromatic heterocycles.